The molecule has 2 unspecified atom stereocenters. The summed E-state index contributed by atoms with van der Waals surface area (Å²) in [6.07, 6.45) is 9.16. The van der Waals surface area contributed by atoms with Crippen molar-refractivity contribution in [3.8, 4) is 28.2 Å². The maximum absolute atomic E-state index is 5.09. The molecule has 0 amide bonds. The summed E-state index contributed by atoms with van der Waals surface area (Å²) in [5.74, 6) is 0.279. The van der Waals surface area contributed by atoms with Crippen LogP contribution in [0.4, 0.5) is 11.4 Å². The van der Waals surface area contributed by atoms with Gasteiger partial charge in [-0.05, 0) is 53.4 Å². The molecule has 6 aromatic carbocycles. The summed E-state index contributed by atoms with van der Waals surface area (Å²) < 4.78 is 2.43. The lowest BCUT2D eigenvalue weighted by atomic mass is 9.91. The third-order valence-corrected chi connectivity index (χ3v) is 10.1. The van der Waals surface area contributed by atoms with E-state index in [9.17, 15) is 0 Å². The fraction of sp³-hybridized carbons (Fsp3) is 0.0444. The van der Waals surface area contributed by atoms with Crippen molar-refractivity contribution in [2.24, 2.45) is 0 Å². The molecule has 2 aliphatic rings. The predicted octanol–water partition coefficient (Wildman–Crippen LogP) is 11.4. The summed E-state index contributed by atoms with van der Waals surface area (Å²) >= 11 is 0. The van der Waals surface area contributed by atoms with Gasteiger partial charge >= 0.3 is 0 Å². The maximum atomic E-state index is 5.09. The molecule has 10 rings (SSSR count). The third-order valence-electron chi connectivity index (χ3n) is 10.1. The van der Waals surface area contributed by atoms with E-state index in [0.717, 1.165) is 28.2 Å². The van der Waals surface area contributed by atoms with E-state index in [1.165, 1.54) is 49.5 Å². The van der Waals surface area contributed by atoms with Crippen LogP contribution in [0.15, 0.2) is 176 Å². The SMILES string of the molecule is C1=CC2c3ccc4c(c3N(c3cccc5ccccc35)C2C=C1)c1ccccc1n4-c1cccc(-c2cccc(-c3ccccc3)n2)c1. The molecule has 3 heteroatoms. The average Bonchev–Trinajstić information content (AvgIpc) is 3.68. The highest BCUT2D eigenvalue weighted by Crippen LogP contribution is 2.54. The summed E-state index contributed by atoms with van der Waals surface area (Å²) in [5.41, 5.74) is 11.6. The number of pyridine rings is 1. The topological polar surface area (TPSA) is 21.1 Å². The number of fused-ring (bicyclic) bond motifs is 8. The van der Waals surface area contributed by atoms with E-state index in [4.69, 9.17) is 4.98 Å². The molecule has 226 valence electrons. The van der Waals surface area contributed by atoms with Gasteiger partial charge in [-0.2, -0.15) is 0 Å². The van der Waals surface area contributed by atoms with E-state index in [0.29, 0.717) is 0 Å². The molecule has 0 N–H and O–H groups in total. The van der Waals surface area contributed by atoms with Crippen molar-refractivity contribution in [3.05, 3.63) is 182 Å². The first-order valence-electron chi connectivity index (χ1n) is 16.6. The second kappa shape index (κ2) is 10.7. The van der Waals surface area contributed by atoms with Gasteiger partial charge in [0.2, 0.25) is 0 Å². The van der Waals surface area contributed by atoms with Crippen LogP contribution in [0.2, 0.25) is 0 Å². The monoisotopic (exact) mass is 613 g/mol. The van der Waals surface area contributed by atoms with Crippen molar-refractivity contribution in [1.82, 2.24) is 9.55 Å². The van der Waals surface area contributed by atoms with Crippen molar-refractivity contribution >= 4 is 44.0 Å². The molecular formula is C45H31N3. The standard InChI is InChI=1S/C45H31N3/c1-2-14-31(15-3-1)38-22-12-23-39(46-38)32-17-10-18-33(29-32)47-42-25-9-7-21-37(42)44-43(47)28-27-36-35-20-6-8-24-41(35)48(45(36)44)40-26-11-16-30-13-4-5-19-34(30)40/h1-29,35,41H. The van der Waals surface area contributed by atoms with Gasteiger partial charge in [-0.15, -0.1) is 0 Å². The van der Waals surface area contributed by atoms with Gasteiger partial charge in [-0.3, -0.25) is 0 Å². The second-order valence-electron chi connectivity index (χ2n) is 12.7. The Morgan fingerprint density at radius 3 is 2.15 bits per heavy atom. The molecule has 0 spiro atoms. The van der Waals surface area contributed by atoms with E-state index in [1.54, 1.807) is 0 Å². The van der Waals surface area contributed by atoms with Crippen LogP contribution in [0.3, 0.4) is 0 Å². The molecule has 1 aliphatic heterocycles. The molecule has 8 aromatic rings. The van der Waals surface area contributed by atoms with Gasteiger partial charge in [-0.25, -0.2) is 4.98 Å². The Kier molecular flexibility index (Phi) is 6.00. The number of anilines is 2. The summed E-state index contributed by atoms with van der Waals surface area (Å²) in [5, 5.41) is 5.08. The predicted molar refractivity (Wildman–Crippen MR) is 200 cm³/mol. The van der Waals surface area contributed by atoms with Crippen LogP contribution in [0.1, 0.15) is 11.5 Å². The van der Waals surface area contributed by atoms with Crippen LogP contribution in [-0.2, 0) is 0 Å². The average molecular weight is 614 g/mol. The van der Waals surface area contributed by atoms with Crippen molar-refractivity contribution in [3.63, 3.8) is 0 Å². The van der Waals surface area contributed by atoms with E-state index >= 15 is 0 Å². The zero-order valence-corrected chi connectivity index (χ0v) is 26.2. The minimum Gasteiger partial charge on any atom is -0.332 e. The van der Waals surface area contributed by atoms with E-state index in [2.05, 4.69) is 179 Å². The zero-order valence-electron chi connectivity index (χ0n) is 26.2. The lowest BCUT2D eigenvalue weighted by Gasteiger charge is -2.30. The van der Waals surface area contributed by atoms with Crippen molar-refractivity contribution < 1.29 is 0 Å². The van der Waals surface area contributed by atoms with Crippen molar-refractivity contribution in [1.29, 1.82) is 0 Å². The first-order valence-corrected chi connectivity index (χ1v) is 16.6. The molecule has 2 atom stereocenters. The Morgan fingerprint density at radius 2 is 1.23 bits per heavy atom. The number of rotatable bonds is 4. The third kappa shape index (κ3) is 4.04. The smallest absolute Gasteiger partial charge is 0.0710 e. The van der Waals surface area contributed by atoms with Crippen molar-refractivity contribution in [2.75, 3.05) is 4.90 Å². The fourth-order valence-corrected chi connectivity index (χ4v) is 8.01. The maximum Gasteiger partial charge on any atom is 0.0710 e. The quantitative estimate of drug-likeness (QED) is 0.197. The molecular weight excluding hydrogens is 583 g/mol. The summed E-state index contributed by atoms with van der Waals surface area (Å²) in [4.78, 5) is 7.70. The van der Waals surface area contributed by atoms with Crippen LogP contribution in [0, 0.1) is 0 Å². The first kappa shape index (κ1) is 27.0. The number of allylic oxidation sites excluding steroid dienone is 2. The Hall–Kier alpha value is -6.19. The molecule has 2 aromatic heterocycles. The summed E-state index contributed by atoms with van der Waals surface area (Å²) in [6.45, 7) is 0. The van der Waals surface area contributed by atoms with Gasteiger partial charge in [0.05, 0.1) is 34.2 Å². The van der Waals surface area contributed by atoms with Gasteiger partial charge in [0.15, 0.2) is 0 Å². The molecule has 0 saturated carbocycles. The Balaban J connectivity index is 1.21. The number of benzene rings is 6. The number of nitrogens with zero attached hydrogens (tertiary/aromatic N) is 3. The van der Waals surface area contributed by atoms with Gasteiger partial charge in [-0.1, -0.05) is 133 Å². The van der Waals surface area contributed by atoms with Crippen LogP contribution in [0.25, 0.3) is 60.8 Å². The number of hydrogen-bond donors (Lipinski definition) is 0. The van der Waals surface area contributed by atoms with Gasteiger partial charge in [0.1, 0.15) is 0 Å². The molecule has 48 heavy (non-hydrogen) atoms. The lowest BCUT2D eigenvalue weighted by Crippen LogP contribution is -2.28. The van der Waals surface area contributed by atoms with Crippen LogP contribution < -0.4 is 4.90 Å². The van der Waals surface area contributed by atoms with E-state index < -0.39 is 0 Å². The number of hydrogen-bond acceptors (Lipinski definition) is 2. The molecule has 0 fully saturated rings. The van der Waals surface area contributed by atoms with Crippen molar-refractivity contribution in [2.45, 2.75) is 12.0 Å². The second-order valence-corrected chi connectivity index (χ2v) is 12.7. The largest absolute Gasteiger partial charge is 0.332 e. The first-order chi connectivity index (χ1) is 23.8. The Bertz CT molecular complexity index is 2590. The molecule has 0 saturated heterocycles. The Labute approximate surface area is 279 Å². The van der Waals surface area contributed by atoms with Gasteiger partial charge in [0.25, 0.3) is 0 Å². The van der Waals surface area contributed by atoms with Crippen LogP contribution in [0.5, 0.6) is 0 Å². The normalized spacial score (nSPS) is 16.5. The summed E-state index contributed by atoms with van der Waals surface area (Å²) in [6, 6.07) is 54.7. The highest BCUT2D eigenvalue weighted by molar-refractivity contribution is 6.18. The highest BCUT2D eigenvalue weighted by Gasteiger charge is 2.40. The number of aromatic nitrogens is 2. The van der Waals surface area contributed by atoms with Gasteiger partial charge < -0.3 is 9.47 Å². The minimum absolute atomic E-state index is 0.204. The van der Waals surface area contributed by atoms with Gasteiger partial charge in [0, 0.05) is 44.6 Å². The summed E-state index contributed by atoms with van der Waals surface area (Å²) in [7, 11) is 0. The fourth-order valence-electron chi connectivity index (χ4n) is 8.01. The minimum atomic E-state index is 0.204. The molecule has 0 bridgehead atoms. The molecule has 0 radical (unpaired) electrons. The molecule has 1 aliphatic carbocycles. The lowest BCUT2D eigenvalue weighted by molar-refractivity contribution is 0.746. The molecule has 3 nitrogen and oxygen atoms in total. The van der Waals surface area contributed by atoms with Crippen LogP contribution in [-0.4, -0.2) is 15.6 Å². The van der Waals surface area contributed by atoms with E-state index in [-0.39, 0.29) is 12.0 Å². The zero-order chi connectivity index (χ0) is 31.6. The highest BCUT2D eigenvalue weighted by atomic mass is 15.2. The molecule has 3 heterocycles. The van der Waals surface area contributed by atoms with E-state index in [1.807, 2.05) is 6.07 Å². The Morgan fingerprint density at radius 1 is 0.521 bits per heavy atom. The van der Waals surface area contributed by atoms with Crippen LogP contribution >= 0.6 is 0 Å². The number of para-hydroxylation sites is 1.